The molecule has 0 spiro atoms. The topological polar surface area (TPSA) is 76.1 Å². The molecule has 0 aliphatic rings. The molecule has 0 bridgehead atoms. The molecule has 2 N–H and O–H groups in total. The van der Waals surface area contributed by atoms with E-state index < -0.39 is 0 Å². The van der Waals surface area contributed by atoms with Gasteiger partial charge in [-0.25, -0.2) is 0 Å². The van der Waals surface area contributed by atoms with Crippen LogP contribution in [0.15, 0.2) is 0 Å². The van der Waals surface area contributed by atoms with Gasteiger partial charge in [0.15, 0.2) is 0 Å². The largest absolute Gasteiger partial charge is 0.383 e. The minimum atomic E-state index is -0.0487. The summed E-state index contributed by atoms with van der Waals surface area (Å²) in [6.45, 7) is 6.14. The van der Waals surface area contributed by atoms with Crippen molar-refractivity contribution in [2.24, 2.45) is 0 Å². The van der Waals surface area contributed by atoms with Crippen molar-refractivity contribution in [1.82, 2.24) is 20.8 Å². The van der Waals surface area contributed by atoms with Gasteiger partial charge in [0.25, 0.3) is 0 Å². The van der Waals surface area contributed by atoms with Crippen LogP contribution >= 0.6 is 23.7 Å². The maximum absolute atomic E-state index is 11.5. The Kier molecular flexibility index (Phi) is 9.68. The molecule has 8 heteroatoms. The fourth-order valence-corrected chi connectivity index (χ4v) is 1.97. The lowest BCUT2D eigenvalue weighted by atomic mass is 10.2. The van der Waals surface area contributed by atoms with Gasteiger partial charge in [-0.05, 0) is 0 Å². The highest BCUT2D eigenvalue weighted by atomic mass is 35.5. The molecular weight excluding hydrogens is 288 g/mol. The Morgan fingerprint density at radius 1 is 1.42 bits per heavy atom. The Morgan fingerprint density at radius 3 is 2.74 bits per heavy atom. The molecule has 0 fully saturated rings. The van der Waals surface area contributed by atoms with Gasteiger partial charge in [-0.15, -0.1) is 22.6 Å². The molecule has 1 heterocycles. The summed E-state index contributed by atoms with van der Waals surface area (Å²) in [5.41, 5.74) is 0. The first-order valence-corrected chi connectivity index (χ1v) is 6.73. The molecule has 0 saturated heterocycles. The fourth-order valence-electron chi connectivity index (χ4n) is 1.18. The molecule has 110 valence electrons. The number of halogens is 1. The van der Waals surface area contributed by atoms with Gasteiger partial charge in [0.2, 0.25) is 5.91 Å². The lowest BCUT2D eigenvalue weighted by Crippen LogP contribution is -2.34. The summed E-state index contributed by atoms with van der Waals surface area (Å²) in [4.78, 5) is 11.5. The van der Waals surface area contributed by atoms with E-state index in [9.17, 15) is 4.79 Å². The second kappa shape index (κ2) is 10.1. The van der Waals surface area contributed by atoms with Crippen LogP contribution in [0.2, 0.25) is 0 Å². The van der Waals surface area contributed by atoms with Gasteiger partial charge < -0.3 is 15.4 Å². The summed E-state index contributed by atoms with van der Waals surface area (Å²) in [5.74, 6) is 0.329. The molecule has 1 aromatic heterocycles. The molecule has 0 aromatic carbocycles. The number of hydrogen-bond donors (Lipinski definition) is 2. The number of nitrogens with zero attached hydrogens (tertiary/aromatic N) is 2. The Hall–Kier alpha value is -0.760. The number of methoxy groups -OCH3 is 1. The minimum Gasteiger partial charge on any atom is -0.383 e. The smallest absolute Gasteiger partial charge is 0.234 e. The van der Waals surface area contributed by atoms with Gasteiger partial charge in [-0.2, -0.15) is 0 Å². The number of carbonyl (C=O) groups excluding carboxylic acids is 1. The van der Waals surface area contributed by atoms with E-state index in [-0.39, 0.29) is 18.3 Å². The fraction of sp³-hybridized carbons (Fsp3) is 0.727. The van der Waals surface area contributed by atoms with Gasteiger partial charge in [-0.1, -0.05) is 25.2 Å². The van der Waals surface area contributed by atoms with Gasteiger partial charge in [-0.3, -0.25) is 4.79 Å². The lowest BCUT2D eigenvalue weighted by Gasteiger charge is -2.04. The van der Waals surface area contributed by atoms with Gasteiger partial charge >= 0.3 is 0 Å². The van der Waals surface area contributed by atoms with Crippen LogP contribution < -0.4 is 10.6 Å². The van der Waals surface area contributed by atoms with Crippen LogP contribution in [0.5, 0.6) is 0 Å². The maximum Gasteiger partial charge on any atom is 0.234 e. The zero-order valence-corrected chi connectivity index (χ0v) is 13.1. The molecule has 1 aromatic rings. The highest BCUT2D eigenvalue weighted by Gasteiger charge is 2.08. The van der Waals surface area contributed by atoms with Crippen molar-refractivity contribution in [1.29, 1.82) is 0 Å². The van der Waals surface area contributed by atoms with E-state index in [4.69, 9.17) is 4.74 Å². The van der Waals surface area contributed by atoms with E-state index in [0.717, 1.165) is 10.0 Å². The van der Waals surface area contributed by atoms with E-state index in [1.54, 1.807) is 7.11 Å². The molecule has 19 heavy (non-hydrogen) atoms. The lowest BCUT2D eigenvalue weighted by molar-refractivity contribution is -0.120. The monoisotopic (exact) mass is 308 g/mol. The van der Waals surface area contributed by atoms with Crippen molar-refractivity contribution in [2.75, 3.05) is 26.8 Å². The van der Waals surface area contributed by atoms with E-state index in [0.29, 0.717) is 32.2 Å². The third-order valence-corrected chi connectivity index (χ3v) is 3.41. The standard InChI is InChI=1S/C11H20N4O2S.ClH/c1-8(2)11-15-14-10(18-11)7-13-9(16)6-12-4-5-17-3;/h8,12H,4-7H2,1-3H3,(H,13,16);1H. The summed E-state index contributed by atoms with van der Waals surface area (Å²) in [5, 5.41) is 15.7. The van der Waals surface area contributed by atoms with E-state index in [2.05, 4.69) is 34.7 Å². The van der Waals surface area contributed by atoms with Crippen molar-refractivity contribution in [2.45, 2.75) is 26.3 Å². The Balaban J connectivity index is 0.00000324. The average molecular weight is 309 g/mol. The highest BCUT2D eigenvalue weighted by Crippen LogP contribution is 2.18. The van der Waals surface area contributed by atoms with E-state index >= 15 is 0 Å². The molecule has 1 amide bonds. The van der Waals surface area contributed by atoms with Gasteiger partial charge in [0, 0.05) is 19.6 Å². The van der Waals surface area contributed by atoms with Crippen molar-refractivity contribution in [3.63, 3.8) is 0 Å². The van der Waals surface area contributed by atoms with Crippen LogP contribution in [0.3, 0.4) is 0 Å². The van der Waals surface area contributed by atoms with Crippen molar-refractivity contribution < 1.29 is 9.53 Å². The number of rotatable bonds is 8. The zero-order chi connectivity index (χ0) is 13.4. The Labute approximate surface area is 123 Å². The first-order chi connectivity index (χ1) is 8.63. The zero-order valence-electron chi connectivity index (χ0n) is 11.4. The second-order valence-electron chi connectivity index (χ2n) is 4.14. The highest BCUT2D eigenvalue weighted by molar-refractivity contribution is 7.11. The molecule has 0 unspecified atom stereocenters. The number of ether oxygens (including phenoxy) is 1. The van der Waals surface area contributed by atoms with Crippen molar-refractivity contribution >= 4 is 29.7 Å². The molecule has 0 aliphatic heterocycles. The SMILES string of the molecule is COCCNCC(=O)NCc1nnc(C(C)C)s1.Cl. The van der Waals surface area contributed by atoms with Crippen LogP contribution in [-0.2, 0) is 16.1 Å². The maximum atomic E-state index is 11.5. The first kappa shape index (κ1) is 18.2. The molecule has 1 rings (SSSR count). The first-order valence-electron chi connectivity index (χ1n) is 5.92. The number of hydrogen-bond acceptors (Lipinski definition) is 6. The third-order valence-electron chi connectivity index (χ3n) is 2.18. The van der Waals surface area contributed by atoms with E-state index in [1.165, 1.54) is 11.3 Å². The summed E-state index contributed by atoms with van der Waals surface area (Å²) in [6.07, 6.45) is 0. The molecule has 0 aliphatic carbocycles. The number of amides is 1. The summed E-state index contributed by atoms with van der Waals surface area (Å²) in [7, 11) is 1.63. The molecular formula is C11H21ClN4O2S. The van der Waals surface area contributed by atoms with Crippen molar-refractivity contribution in [3.05, 3.63) is 10.0 Å². The van der Waals surface area contributed by atoms with Gasteiger partial charge in [0.1, 0.15) is 10.0 Å². The number of nitrogens with one attached hydrogen (secondary N) is 2. The predicted octanol–water partition coefficient (Wildman–Crippen LogP) is 0.935. The number of carbonyl (C=O) groups is 1. The quantitative estimate of drug-likeness (QED) is 0.699. The van der Waals surface area contributed by atoms with Crippen molar-refractivity contribution in [3.8, 4) is 0 Å². The Bertz CT molecular complexity index is 373. The van der Waals surface area contributed by atoms with Crippen LogP contribution in [0.1, 0.15) is 29.8 Å². The summed E-state index contributed by atoms with van der Waals surface area (Å²) < 4.78 is 4.87. The summed E-state index contributed by atoms with van der Waals surface area (Å²) >= 11 is 1.54. The normalized spacial score (nSPS) is 10.3. The number of aromatic nitrogens is 2. The molecule has 6 nitrogen and oxygen atoms in total. The molecule has 0 radical (unpaired) electrons. The minimum absolute atomic E-state index is 0. The third kappa shape index (κ3) is 7.41. The summed E-state index contributed by atoms with van der Waals surface area (Å²) in [6, 6.07) is 0. The van der Waals surface area contributed by atoms with Crippen LogP contribution in [0.25, 0.3) is 0 Å². The van der Waals surface area contributed by atoms with Crippen LogP contribution in [0.4, 0.5) is 0 Å². The van der Waals surface area contributed by atoms with Crippen LogP contribution in [-0.4, -0.2) is 42.9 Å². The van der Waals surface area contributed by atoms with E-state index in [1.807, 2.05) is 0 Å². The van der Waals surface area contributed by atoms with Gasteiger partial charge in [0.05, 0.1) is 19.7 Å². The Morgan fingerprint density at radius 2 is 2.16 bits per heavy atom. The predicted molar refractivity (Wildman–Crippen MR) is 77.8 cm³/mol. The molecule has 0 saturated carbocycles. The van der Waals surface area contributed by atoms with Crippen LogP contribution in [0, 0.1) is 0 Å². The molecule has 0 atom stereocenters. The second-order valence-corrected chi connectivity index (χ2v) is 5.23. The average Bonchev–Trinajstić information content (AvgIpc) is 2.81.